The fraction of sp³-hybridized carbons (Fsp3) is 0. The Balaban J connectivity index is 1.20. The number of hydrogen-bond donors (Lipinski definition) is 0. The predicted octanol–water partition coefficient (Wildman–Crippen LogP) is 11.3. The van der Waals surface area contributed by atoms with E-state index in [0.717, 1.165) is 16.9 Å². The maximum absolute atomic E-state index is 4.57. The van der Waals surface area contributed by atoms with Crippen molar-refractivity contribution < 1.29 is 0 Å². The molecule has 210 valence electrons. The number of aromatic nitrogens is 3. The average Bonchev–Trinajstić information content (AvgIpc) is 3.76. The molecular weight excluding hydrogens is 567 g/mol. The summed E-state index contributed by atoms with van der Waals surface area (Å²) in [6.45, 7) is 0. The second-order valence-corrected chi connectivity index (χ2v) is 12.7. The molecule has 0 saturated heterocycles. The van der Waals surface area contributed by atoms with Gasteiger partial charge in [0, 0.05) is 54.6 Å². The topological polar surface area (TPSA) is 22.8 Å². The van der Waals surface area contributed by atoms with Crippen LogP contribution in [-0.4, -0.2) is 14.1 Å². The maximum atomic E-state index is 4.57. The molecule has 0 aliphatic heterocycles. The van der Waals surface area contributed by atoms with Gasteiger partial charge in [0.05, 0.1) is 33.0 Å². The fourth-order valence-electron chi connectivity index (χ4n) is 7.24. The number of benzene rings is 6. The highest BCUT2D eigenvalue weighted by Gasteiger charge is 2.18. The third kappa shape index (κ3) is 3.54. The monoisotopic (exact) mass is 591 g/mol. The molecule has 0 N–H and O–H groups in total. The molecule has 3 nitrogen and oxygen atoms in total. The van der Waals surface area contributed by atoms with Crippen molar-refractivity contribution >= 4 is 75.1 Å². The number of nitrogens with zero attached hydrogens (tertiary/aromatic N) is 3. The van der Waals surface area contributed by atoms with E-state index < -0.39 is 0 Å². The van der Waals surface area contributed by atoms with Crippen LogP contribution in [0.15, 0.2) is 152 Å². The molecule has 0 unspecified atom stereocenters. The van der Waals surface area contributed by atoms with E-state index in [-0.39, 0.29) is 0 Å². The van der Waals surface area contributed by atoms with E-state index in [9.17, 15) is 0 Å². The van der Waals surface area contributed by atoms with Gasteiger partial charge in [0.1, 0.15) is 0 Å². The highest BCUT2D eigenvalue weighted by molar-refractivity contribution is 7.26. The van der Waals surface area contributed by atoms with Crippen LogP contribution in [0.4, 0.5) is 0 Å². The standard InChI is InChI=1S/C41H25N3S/c1-4-16-36-30(13-1)31-14-2-5-17-37(31)43(36)28-11-7-9-26(23-28)27-10-8-12-29(24-27)44-38-25-42-22-21-32(38)34-19-20-35-33-15-3-6-18-39(33)45-41(35)40(34)44/h1-25H. The molecule has 10 aromatic rings. The molecular formula is C41H25N3S. The predicted molar refractivity (Wildman–Crippen MR) is 191 cm³/mol. The molecule has 4 aromatic heterocycles. The number of fused-ring (bicyclic) bond motifs is 10. The largest absolute Gasteiger partial charge is 0.309 e. The molecule has 0 fully saturated rings. The van der Waals surface area contributed by atoms with Crippen molar-refractivity contribution in [1.29, 1.82) is 0 Å². The second kappa shape index (κ2) is 9.39. The molecule has 0 atom stereocenters. The lowest BCUT2D eigenvalue weighted by molar-refractivity contribution is 1.17. The molecule has 6 aromatic carbocycles. The molecule has 4 heteroatoms. The van der Waals surface area contributed by atoms with E-state index in [0.29, 0.717) is 0 Å². The Morgan fingerprint density at radius 3 is 1.78 bits per heavy atom. The van der Waals surface area contributed by atoms with Crippen molar-refractivity contribution in [3.8, 4) is 22.5 Å². The highest BCUT2D eigenvalue weighted by Crippen LogP contribution is 2.43. The quantitative estimate of drug-likeness (QED) is 0.200. The molecule has 4 heterocycles. The SMILES string of the molecule is c1cc(-c2cccc(-n3c4cnccc4c4ccc5c6ccccc6sc5c43)c2)cc(-n2c3ccccc3c3ccccc32)c1. The fourth-order valence-corrected chi connectivity index (χ4v) is 8.48. The molecule has 0 aliphatic rings. The van der Waals surface area contributed by atoms with Crippen LogP contribution in [-0.2, 0) is 0 Å². The summed E-state index contributed by atoms with van der Waals surface area (Å²) < 4.78 is 7.42. The van der Waals surface area contributed by atoms with Crippen molar-refractivity contribution in [2.45, 2.75) is 0 Å². The Morgan fingerprint density at radius 1 is 0.444 bits per heavy atom. The van der Waals surface area contributed by atoms with Crippen LogP contribution >= 0.6 is 11.3 Å². The molecule has 0 spiro atoms. The number of para-hydroxylation sites is 2. The maximum Gasteiger partial charge on any atom is 0.0725 e. The summed E-state index contributed by atoms with van der Waals surface area (Å²) in [5.41, 5.74) is 9.45. The number of thiophene rings is 1. The first-order valence-corrected chi connectivity index (χ1v) is 16.0. The van der Waals surface area contributed by atoms with Crippen molar-refractivity contribution in [2.75, 3.05) is 0 Å². The van der Waals surface area contributed by atoms with Gasteiger partial charge in [0.2, 0.25) is 0 Å². The molecule has 45 heavy (non-hydrogen) atoms. The van der Waals surface area contributed by atoms with Gasteiger partial charge in [0.15, 0.2) is 0 Å². The van der Waals surface area contributed by atoms with Gasteiger partial charge < -0.3 is 9.13 Å². The lowest BCUT2D eigenvalue weighted by atomic mass is 10.0. The molecule has 0 aliphatic carbocycles. The van der Waals surface area contributed by atoms with E-state index >= 15 is 0 Å². The zero-order chi connectivity index (χ0) is 29.5. The summed E-state index contributed by atoms with van der Waals surface area (Å²) in [4.78, 5) is 4.57. The Kier molecular flexibility index (Phi) is 5.16. The summed E-state index contributed by atoms with van der Waals surface area (Å²) in [5, 5.41) is 7.63. The third-order valence-electron chi connectivity index (χ3n) is 9.20. The number of hydrogen-bond acceptors (Lipinski definition) is 2. The van der Waals surface area contributed by atoms with Gasteiger partial charge in [-0.1, -0.05) is 91.0 Å². The first-order valence-electron chi connectivity index (χ1n) is 15.2. The minimum Gasteiger partial charge on any atom is -0.309 e. The first-order chi connectivity index (χ1) is 22.3. The van der Waals surface area contributed by atoms with Gasteiger partial charge in [-0.05, 0) is 59.7 Å². The smallest absolute Gasteiger partial charge is 0.0725 e. The van der Waals surface area contributed by atoms with Crippen LogP contribution in [0.3, 0.4) is 0 Å². The molecule has 0 amide bonds. The van der Waals surface area contributed by atoms with E-state index in [1.807, 2.05) is 23.7 Å². The summed E-state index contributed by atoms with van der Waals surface area (Å²) >= 11 is 1.87. The van der Waals surface area contributed by atoms with Gasteiger partial charge in [-0.2, -0.15) is 0 Å². The van der Waals surface area contributed by atoms with Crippen LogP contribution in [0.1, 0.15) is 0 Å². The molecule has 0 bridgehead atoms. The van der Waals surface area contributed by atoms with E-state index in [2.05, 4.69) is 154 Å². The second-order valence-electron chi connectivity index (χ2n) is 11.6. The van der Waals surface area contributed by atoms with Gasteiger partial charge in [0.25, 0.3) is 0 Å². The first kappa shape index (κ1) is 24.7. The summed E-state index contributed by atoms with van der Waals surface area (Å²) in [6, 6.07) is 50.7. The summed E-state index contributed by atoms with van der Waals surface area (Å²) in [6.07, 6.45) is 3.90. The van der Waals surface area contributed by atoms with E-state index in [1.54, 1.807) is 0 Å². The van der Waals surface area contributed by atoms with Gasteiger partial charge in [-0.15, -0.1) is 11.3 Å². The summed E-state index contributed by atoms with van der Waals surface area (Å²) in [7, 11) is 0. The lowest BCUT2D eigenvalue weighted by Gasteiger charge is -2.13. The Morgan fingerprint density at radius 2 is 1.04 bits per heavy atom. The van der Waals surface area contributed by atoms with Gasteiger partial charge in [-0.25, -0.2) is 0 Å². The van der Waals surface area contributed by atoms with Crippen molar-refractivity contribution in [1.82, 2.24) is 14.1 Å². The van der Waals surface area contributed by atoms with Crippen LogP contribution in [0.2, 0.25) is 0 Å². The number of pyridine rings is 1. The van der Waals surface area contributed by atoms with E-state index in [4.69, 9.17) is 0 Å². The van der Waals surface area contributed by atoms with Crippen LogP contribution in [0, 0.1) is 0 Å². The van der Waals surface area contributed by atoms with E-state index in [1.165, 1.54) is 69.4 Å². The van der Waals surface area contributed by atoms with Crippen LogP contribution in [0.5, 0.6) is 0 Å². The van der Waals surface area contributed by atoms with Gasteiger partial charge >= 0.3 is 0 Å². The van der Waals surface area contributed by atoms with Crippen molar-refractivity contribution in [2.24, 2.45) is 0 Å². The summed E-state index contributed by atoms with van der Waals surface area (Å²) in [5.74, 6) is 0. The molecule has 0 saturated carbocycles. The zero-order valence-corrected chi connectivity index (χ0v) is 25.0. The average molecular weight is 592 g/mol. The van der Waals surface area contributed by atoms with Gasteiger partial charge in [-0.3, -0.25) is 4.98 Å². The van der Waals surface area contributed by atoms with Crippen molar-refractivity contribution in [3.05, 3.63) is 152 Å². The number of rotatable bonds is 3. The Bertz CT molecular complexity index is 2720. The minimum atomic E-state index is 1.12. The van der Waals surface area contributed by atoms with Crippen molar-refractivity contribution in [3.63, 3.8) is 0 Å². The minimum absolute atomic E-state index is 1.12. The Hall–Kier alpha value is -5.71. The third-order valence-corrected chi connectivity index (χ3v) is 10.4. The Labute approximate surface area is 262 Å². The zero-order valence-electron chi connectivity index (χ0n) is 24.2. The molecule has 0 radical (unpaired) electrons. The highest BCUT2D eigenvalue weighted by atomic mass is 32.1. The van der Waals surface area contributed by atoms with Crippen LogP contribution < -0.4 is 0 Å². The normalized spacial score (nSPS) is 12.0. The lowest BCUT2D eigenvalue weighted by Crippen LogP contribution is -1.96. The molecule has 10 rings (SSSR count). The van der Waals surface area contributed by atoms with Crippen LogP contribution in [0.25, 0.3) is 86.3 Å².